The summed E-state index contributed by atoms with van der Waals surface area (Å²) in [7, 11) is 2.73. The number of esters is 1. The second-order valence-corrected chi connectivity index (χ2v) is 5.08. The van der Waals surface area contributed by atoms with Crippen molar-refractivity contribution in [3.8, 4) is 0 Å². The zero-order valence-electron chi connectivity index (χ0n) is 13.7. The van der Waals surface area contributed by atoms with Crippen LogP contribution in [-0.4, -0.2) is 36.5 Å². The molecule has 0 aliphatic carbocycles. The van der Waals surface area contributed by atoms with Crippen molar-refractivity contribution in [2.24, 2.45) is 0 Å². The molecule has 2 N–H and O–H groups in total. The summed E-state index contributed by atoms with van der Waals surface area (Å²) < 4.78 is 5.69. The second kappa shape index (κ2) is 7.91. The van der Waals surface area contributed by atoms with Crippen LogP contribution in [0.4, 0.5) is 5.69 Å². The van der Waals surface area contributed by atoms with Crippen LogP contribution >= 0.6 is 0 Å². The Morgan fingerprint density at radius 2 is 1.88 bits per heavy atom. The molecule has 0 saturated carbocycles. The van der Waals surface area contributed by atoms with E-state index in [1.54, 1.807) is 18.2 Å². The predicted molar refractivity (Wildman–Crippen MR) is 90.5 cm³/mol. The van der Waals surface area contributed by atoms with E-state index in [2.05, 4.69) is 15.4 Å². The lowest BCUT2D eigenvalue weighted by Gasteiger charge is -2.09. The van der Waals surface area contributed by atoms with Crippen LogP contribution in [0.2, 0.25) is 0 Å². The summed E-state index contributed by atoms with van der Waals surface area (Å²) in [4.78, 5) is 47.1. The Bertz CT molecular complexity index is 873. The van der Waals surface area contributed by atoms with Crippen LogP contribution < -0.4 is 16.2 Å². The highest BCUT2D eigenvalue weighted by Crippen LogP contribution is 2.10. The summed E-state index contributed by atoms with van der Waals surface area (Å²) in [5, 5.41) is 5.10. The van der Waals surface area contributed by atoms with Crippen LogP contribution in [0.25, 0.3) is 0 Å². The van der Waals surface area contributed by atoms with Crippen molar-refractivity contribution in [3.05, 3.63) is 64.1 Å². The number of rotatable bonds is 5. The Labute approximate surface area is 143 Å². The highest BCUT2D eigenvalue weighted by atomic mass is 16.5. The van der Waals surface area contributed by atoms with Crippen molar-refractivity contribution < 1.29 is 19.1 Å². The zero-order chi connectivity index (χ0) is 18.4. The van der Waals surface area contributed by atoms with Gasteiger partial charge in [-0.3, -0.25) is 14.4 Å². The molecule has 0 radical (unpaired) electrons. The summed E-state index contributed by atoms with van der Waals surface area (Å²) in [6.07, 6.45) is 1.26. The average Bonchev–Trinajstić information content (AvgIpc) is 2.62. The number of benzene rings is 1. The molecule has 130 valence electrons. The first-order valence-corrected chi connectivity index (χ1v) is 7.35. The number of nitrogens with zero attached hydrogens (tertiary/aromatic N) is 1. The number of amides is 2. The number of anilines is 1. The molecule has 25 heavy (non-hydrogen) atoms. The van der Waals surface area contributed by atoms with E-state index >= 15 is 0 Å². The van der Waals surface area contributed by atoms with Crippen molar-refractivity contribution in [1.82, 2.24) is 9.88 Å². The van der Waals surface area contributed by atoms with Gasteiger partial charge in [-0.25, -0.2) is 4.79 Å². The fourth-order valence-corrected chi connectivity index (χ4v) is 2.13. The van der Waals surface area contributed by atoms with Gasteiger partial charge in [-0.2, -0.15) is 0 Å². The molecule has 0 saturated heterocycles. The van der Waals surface area contributed by atoms with E-state index in [0.717, 1.165) is 4.57 Å². The number of hydrogen-bond donors (Lipinski definition) is 2. The van der Waals surface area contributed by atoms with Crippen molar-refractivity contribution in [2.45, 2.75) is 6.54 Å². The third-order valence-electron chi connectivity index (χ3n) is 3.35. The number of methoxy groups -OCH3 is 1. The summed E-state index contributed by atoms with van der Waals surface area (Å²) >= 11 is 0. The molecule has 0 fully saturated rings. The lowest BCUT2D eigenvalue weighted by molar-refractivity contribution is -0.116. The average molecular weight is 343 g/mol. The minimum atomic E-state index is -0.604. The van der Waals surface area contributed by atoms with E-state index in [-0.39, 0.29) is 18.0 Å². The van der Waals surface area contributed by atoms with Crippen molar-refractivity contribution >= 4 is 23.5 Å². The lowest BCUT2D eigenvalue weighted by atomic mass is 10.2. The van der Waals surface area contributed by atoms with E-state index in [0.29, 0.717) is 11.3 Å². The molecule has 1 aromatic heterocycles. The van der Waals surface area contributed by atoms with Gasteiger partial charge in [0, 0.05) is 30.6 Å². The van der Waals surface area contributed by atoms with E-state index in [4.69, 9.17) is 0 Å². The van der Waals surface area contributed by atoms with Gasteiger partial charge < -0.3 is 19.9 Å². The molecular formula is C17H17N3O5. The first-order valence-electron chi connectivity index (χ1n) is 7.35. The maximum absolute atomic E-state index is 12.1. The van der Waals surface area contributed by atoms with Gasteiger partial charge in [0.05, 0.1) is 12.7 Å². The van der Waals surface area contributed by atoms with Gasteiger partial charge in [0.2, 0.25) is 5.91 Å². The van der Waals surface area contributed by atoms with Gasteiger partial charge in [0.15, 0.2) is 0 Å². The monoisotopic (exact) mass is 343 g/mol. The third-order valence-corrected chi connectivity index (χ3v) is 3.35. The van der Waals surface area contributed by atoms with Crippen molar-refractivity contribution in [1.29, 1.82) is 0 Å². The van der Waals surface area contributed by atoms with Crippen LogP contribution in [0.3, 0.4) is 0 Å². The number of aromatic nitrogens is 1. The van der Waals surface area contributed by atoms with Gasteiger partial charge in [0.25, 0.3) is 11.5 Å². The van der Waals surface area contributed by atoms with Crippen LogP contribution in [-0.2, 0) is 16.1 Å². The standard InChI is InChI=1S/C17H17N3O5/c1-18-16(23)11-4-3-5-13(8-11)19-14(21)10-20-9-12(17(24)25-2)6-7-15(20)22/h3-9H,10H2,1-2H3,(H,18,23)(H,19,21). The van der Waals surface area contributed by atoms with Crippen LogP contribution in [0.15, 0.2) is 47.4 Å². The Morgan fingerprint density at radius 1 is 1.12 bits per heavy atom. The molecule has 1 aromatic carbocycles. The summed E-state index contributed by atoms with van der Waals surface area (Å²) in [5.41, 5.74) is 0.548. The molecular weight excluding hydrogens is 326 g/mol. The molecule has 0 unspecified atom stereocenters. The molecule has 8 nitrogen and oxygen atoms in total. The Kier molecular flexibility index (Phi) is 5.67. The summed E-state index contributed by atoms with van der Waals surface area (Å²) in [6.45, 7) is -0.284. The highest BCUT2D eigenvalue weighted by molar-refractivity contribution is 5.97. The maximum atomic E-state index is 12.1. The summed E-state index contributed by atoms with van der Waals surface area (Å²) in [6, 6.07) is 8.90. The molecule has 0 aliphatic rings. The minimum absolute atomic E-state index is 0.163. The fourth-order valence-electron chi connectivity index (χ4n) is 2.13. The van der Waals surface area contributed by atoms with Gasteiger partial charge in [-0.1, -0.05) is 6.07 Å². The second-order valence-electron chi connectivity index (χ2n) is 5.08. The molecule has 0 atom stereocenters. The number of carbonyl (C=O) groups excluding carboxylic acids is 3. The van der Waals surface area contributed by atoms with Crippen molar-refractivity contribution in [3.63, 3.8) is 0 Å². The number of hydrogen-bond acceptors (Lipinski definition) is 5. The van der Waals surface area contributed by atoms with Crippen LogP contribution in [0.5, 0.6) is 0 Å². The molecule has 2 aromatic rings. The van der Waals surface area contributed by atoms with Gasteiger partial charge >= 0.3 is 5.97 Å². The molecule has 0 spiro atoms. The normalized spacial score (nSPS) is 10.0. The van der Waals surface area contributed by atoms with Crippen LogP contribution in [0, 0.1) is 0 Å². The number of pyridine rings is 1. The topological polar surface area (TPSA) is 106 Å². The Hall–Kier alpha value is -3.42. The lowest BCUT2D eigenvalue weighted by Crippen LogP contribution is -2.27. The summed E-state index contributed by atoms with van der Waals surface area (Å²) in [5.74, 6) is -1.36. The number of ether oxygens (including phenoxy) is 1. The largest absolute Gasteiger partial charge is 0.465 e. The number of carbonyl (C=O) groups is 3. The van der Waals surface area contributed by atoms with Gasteiger partial charge in [-0.05, 0) is 24.3 Å². The predicted octanol–water partition coefficient (Wildman–Crippen LogP) is 0.633. The van der Waals surface area contributed by atoms with Gasteiger partial charge in [0.1, 0.15) is 6.54 Å². The zero-order valence-corrected chi connectivity index (χ0v) is 13.7. The van der Waals surface area contributed by atoms with E-state index in [9.17, 15) is 19.2 Å². The molecule has 2 rings (SSSR count). The highest BCUT2D eigenvalue weighted by Gasteiger charge is 2.11. The fraction of sp³-hybridized carbons (Fsp3) is 0.176. The Morgan fingerprint density at radius 3 is 2.56 bits per heavy atom. The maximum Gasteiger partial charge on any atom is 0.339 e. The third kappa shape index (κ3) is 4.54. The minimum Gasteiger partial charge on any atom is -0.465 e. The first-order chi connectivity index (χ1) is 11.9. The molecule has 2 amide bonds. The number of nitrogens with one attached hydrogen (secondary N) is 2. The SMILES string of the molecule is CNC(=O)c1cccc(NC(=O)Cn2cc(C(=O)OC)ccc2=O)c1. The molecule has 1 heterocycles. The molecule has 0 aliphatic heterocycles. The quantitative estimate of drug-likeness (QED) is 0.775. The molecule has 8 heteroatoms. The Balaban J connectivity index is 2.14. The molecule has 0 bridgehead atoms. The van der Waals surface area contributed by atoms with Crippen LogP contribution in [0.1, 0.15) is 20.7 Å². The van der Waals surface area contributed by atoms with Gasteiger partial charge in [-0.15, -0.1) is 0 Å². The van der Waals surface area contributed by atoms with E-state index in [1.165, 1.54) is 38.6 Å². The van der Waals surface area contributed by atoms with E-state index in [1.807, 2.05) is 0 Å². The van der Waals surface area contributed by atoms with E-state index < -0.39 is 17.4 Å². The van der Waals surface area contributed by atoms with Crippen molar-refractivity contribution in [2.75, 3.05) is 19.5 Å². The first kappa shape index (κ1) is 17.9. The smallest absolute Gasteiger partial charge is 0.339 e.